The first-order valence-electron chi connectivity index (χ1n) is 7.03. The number of hydrogen-bond donors (Lipinski definition) is 2. The van der Waals surface area contributed by atoms with Crippen molar-refractivity contribution in [1.29, 1.82) is 0 Å². The summed E-state index contributed by atoms with van der Waals surface area (Å²) in [4.78, 5) is 4.67. The van der Waals surface area contributed by atoms with E-state index in [4.69, 9.17) is 0 Å². The van der Waals surface area contributed by atoms with Crippen molar-refractivity contribution in [3.8, 4) is 0 Å². The Morgan fingerprint density at radius 1 is 1.00 bits per heavy atom. The van der Waals surface area contributed by atoms with Gasteiger partial charge in [-0.3, -0.25) is 0 Å². The smallest absolute Gasteiger partial charge is 0.126 e. The van der Waals surface area contributed by atoms with Gasteiger partial charge in [-0.25, -0.2) is 4.98 Å². The van der Waals surface area contributed by atoms with Crippen LogP contribution >= 0.6 is 0 Å². The van der Waals surface area contributed by atoms with Gasteiger partial charge in [0.05, 0.1) is 11.2 Å². The quantitative estimate of drug-likeness (QED) is 0.621. The van der Waals surface area contributed by atoms with Crippen LogP contribution in [-0.2, 0) is 0 Å². The van der Waals surface area contributed by atoms with Gasteiger partial charge < -0.3 is 10.2 Å². The summed E-state index contributed by atoms with van der Waals surface area (Å²) in [7, 11) is 0. The highest BCUT2D eigenvalue weighted by Crippen LogP contribution is 2.35. The molecule has 3 nitrogen and oxygen atoms in total. The summed E-state index contributed by atoms with van der Waals surface area (Å²) < 4.78 is 0. The Hall–Kier alpha value is -2.23. The molecule has 0 saturated heterocycles. The summed E-state index contributed by atoms with van der Waals surface area (Å²) in [6.45, 7) is 2.03. The summed E-state index contributed by atoms with van der Waals surface area (Å²) in [6, 6.07) is 12.3. The third kappa shape index (κ3) is 1.71. The lowest BCUT2D eigenvalue weighted by Gasteiger charge is -2.23. The Morgan fingerprint density at radius 3 is 2.67 bits per heavy atom. The molecule has 3 heteroatoms. The molecule has 1 aliphatic carbocycles. The van der Waals surface area contributed by atoms with E-state index in [9.17, 15) is 10.2 Å². The lowest BCUT2D eigenvalue weighted by molar-refractivity contribution is 0.0442. The molecule has 0 radical (unpaired) electrons. The van der Waals surface area contributed by atoms with Gasteiger partial charge in [0.25, 0.3) is 0 Å². The number of hydrogen-bond acceptors (Lipinski definition) is 3. The lowest BCUT2D eigenvalue weighted by atomic mass is 9.91. The zero-order valence-corrected chi connectivity index (χ0v) is 11.6. The van der Waals surface area contributed by atoms with E-state index in [1.54, 1.807) is 6.08 Å². The molecule has 0 amide bonds. The Morgan fingerprint density at radius 2 is 1.81 bits per heavy atom. The van der Waals surface area contributed by atoms with E-state index in [1.165, 1.54) is 0 Å². The Balaban J connectivity index is 2.17. The molecule has 2 atom stereocenters. The zero-order chi connectivity index (χ0) is 14.6. The molecule has 4 rings (SSSR count). The van der Waals surface area contributed by atoms with Crippen LogP contribution in [0, 0.1) is 6.92 Å². The molecular formula is C18H15NO2. The number of aromatic nitrogens is 1. The number of aryl methyl sites for hydroxylation is 1. The number of aliphatic hydroxyl groups excluding tert-OH is 2. The summed E-state index contributed by atoms with van der Waals surface area (Å²) in [6.07, 6.45) is 1.61. The van der Waals surface area contributed by atoms with E-state index >= 15 is 0 Å². The molecule has 1 aliphatic rings. The molecule has 0 aliphatic heterocycles. The van der Waals surface area contributed by atoms with Crippen LogP contribution in [0.1, 0.15) is 22.9 Å². The fourth-order valence-electron chi connectivity index (χ4n) is 3.09. The molecule has 0 unspecified atom stereocenters. The van der Waals surface area contributed by atoms with Crippen molar-refractivity contribution in [3.05, 3.63) is 59.3 Å². The van der Waals surface area contributed by atoms with Crippen LogP contribution in [0.4, 0.5) is 0 Å². The minimum Gasteiger partial charge on any atom is -0.386 e. The van der Waals surface area contributed by atoms with Crippen LogP contribution in [0.15, 0.2) is 42.5 Å². The molecule has 2 N–H and O–H groups in total. The van der Waals surface area contributed by atoms with Crippen molar-refractivity contribution < 1.29 is 10.2 Å². The fraction of sp³-hybridized carbons (Fsp3) is 0.167. The lowest BCUT2D eigenvalue weighted by Crippen LogP contribution is -2.21. The van der Waals surface area contributed by atoms with Crippen LogP contribution in [0.3, 0.4) is 0 Å². The van der Waals surface area contributed by atoms with E-state index in [0.29, 0.717) is 5.69 Å². The zero-order valence-electron chi connectivity index (χ0n) is 11.6. The molecule has 0 saturated carbocycles. The van der Waals surface area contributed by atoms with E-state index in [1.807, 2.05) is 31.2 Å². The summed E-state index contributed by atoms with van der Waals surface area (Å²) in [5.74, 6) is 0. The van der Waals surface area contributed by atoms with Crippen molar-refractivity contribution in [3.63, 3.8) is 0 Å². The highest BCUT2D eigenvalue weighted by molar-refractivity contribution is 6.07. The summed E-state index contributed by atoms with van der Waals surface area (Å²) in [5, 5.41) is 23.3. The second kappa shape index (κ2) is 4.38. The van der Waals surface area contributed by atoms with Crippen LogP contribution in [0.25, 0.3) is 27.8 Å². The van der Waals surface area contributed by atoms with Gasteiger partial charge in [-0.15, -0.1) is 0 Å². The third-order valence-electron chi connectivity index (χ3n) is 4.28. The number of nitrogens with zero attached hydrogens (tertiary/aromatic N) is 1. The second-order valence-electron chi connectivity index (χ2n) is 5.51. The Labute approximate surface area is 122 Å². The van der Waals surface area contributed by atoms with Gasteiger partial charge in [-0.1, -0.05) is 48.6 Å². The van der Waals surface area contributed by atoms with E-state index in [-0.39, 0.29) is 0 Å². The van der Waals surface area contributed by atoms with Gasteiger partial charge in [0, 0.05) is 16.3 Å². The maximum atomic E-state index is 10.2. The predicted molar refractivity (Wildman–Crippen MR) is 84.0 cm³/mol. The Kier molecular flexibility index (Phi) is 2.61. The average Bonchev–Trinajstić information content (AvgIpc) is 2.51. The van der Waals surface area contributed by atoms with Gasteiger partial charge in [0.1, 0.15) is 12.2 Å². The topological polar surface area (TPSA) is 53.4 Å². The van der Waals surface area contributed by atoms with Crippen LogP contribution in [0.5, 0.6) is 0 Å². The molecule has 2 aromatic carbocycles. The standard InChI is InChI=1S/C18H15NO2/c1-10-12-7-6-11-4-2-3-5-14(11)16(12)19-17-13(10)8-9-15(20)18(17)21/h2-9,15,18,20-21H,1H3/t15-,18+/m1/s1. The number of benzene rings is 2. The van der Waals surface area contributed by atoms with Crippen molar-refractivity contribution in [1.82, 2.24) is 4.98 Å². The van der Waals surface area contributed by atoms with Crippen molar-refractivity contribution in [2.75, 3.05) is 0 Å². The SMILES string of the molecule is Cc1c2c(nc3c1ccc1ccccc13)[C@@H](O)[C@H](O)C=C2. The van der Waals surface area contributed by atoms with Crippen molar-refractivity contribution in [2.45, 2.75) is 19.1 Å². The number of fused-ring (bicyclic) bond motifs is 4. The normalized spacial score (nSPS) is 20.9. The van der Waals surface area contributed by atoms with Crippen LogP contribution in [-0.4, -0.2) is 21.3 Å². The monoisotopic (exact) mass is 277 g/mol. The molecule has 0 bridgehead atoms. The molecule has 1 aromatic heterocycles. The number of pyridine rings is 1. The minimum atomic E-state index is -0.966. The predicted octanol–water partition coefficient (Wildman–Crippen LogP) is 3.12. The molecular weight excluding hydrogens is 262 g/mol. The fourth-order valence-corrected chi connectivity index (χ4v) is 3.09. The van der Waals surface area contributed by atoms with Gasteiger partial charge >= 0.3 is 0 Å². The highest BCUT2D eigenvalue weighted by Gasteiger charge is 2.26. The van der Waals surface area contributed by atoms with Gasteiger partial charge in [0.15, 0.2) is 0 Å². The molecule has 21 heavy (non-hydrogen) atoms. The molecule has 104 valence electrons. The summed E-state index contributed by atoms with van der Waals surface area (Å²) >= 11 is 0. The maximum absolute atomic E-state index is 10.2. The largest absolute Gasteiger partial charge is 0.386 e. The van der Waals surface area contributed by atoms with E-state index in [2.05, 4.69) is 23.2 Å². The molecule has 0 fully saturated rings. The molecule has 0 spiro atoms. The third-order valence-corrected chi connectivity index (χ3v) is 4.28. The number of aliphatic hydroxyl groups is 2. The number of rotatable bonds is 0. The van der Waals surface area contributed by atoms with Crippen LogP contribution in [0.2, 0.25) is 0 Å². The van der Waals surface area contributed by atoms with Crippen LogP contribution < -0.4 is 0 Å². The summed E-state index contributed by atoms with van der Waals surface area (Å²) in [5.41, 5.74) is 3.44. The maximum Gasteiger partial charge on any atom is 0.126 e. The van der Waals surface area contributed by atoms with Crippen molar-refractivity contribution >= 4 is 27.8 Å². The highest BCUT2D eigenvalue weighted by atomic mass is 16.3. The van der Waals surface area contributed by atoms with Gasteiger partial charge in [-0.2, -0.15) is 0 Å². The van der Waals surface area contributed by atoms with E-state index in [0.717, 1.165) is 32.8 Å². The average molecular weight is 277 g/mol. The molecule has 3 aromatic rings. The Bertz CT molecular complexity index is 898. The van der Waals surface area contributed by atoms with E-state index < -0.39 is 12.2 Å². The van der Waals surface area contributed by atoms with Gasteiger partial charge in [-0.05, 0) is 17.9 Å². The van der Waals surface area contributed by atoms with Gasteiger partial charge in [0.2, 0.25) is 0 Å². The first-order chi connectivity index (χ1) is 10.2. The second-order valence-corrected chi connectivity index (χ2v) is 5.51. The first-order valence-corrected chi connectivity index (χ1v) is 7.03. The minimum absolute atomic E-state index is 0.561. The first kappa shape index (κ1) is 12.5. The van der Waals surface area contributed by atoms with Crippen molar-refractivity contribution in [2.24, 2.45) is 0 Å². The molecule has 1 heterocycles.